The second-order valence-electron chi connectivity index (χ2n) is 4.67. The van der Waals surface area contributed by atoms with E-state index >= 15 is 0 Å². The van der Waals surface area contributed by atoms with Crippen molar-refractivity contribution in [2.45, 2.75) is 19.8 Å². The molecule has 20 heavy (non-hydrogen) atoms. The first-order valence-electron chi connectivity index (χ1n) is 6.24. The van der Waals surface area contributed by atoms with E-state index in [2.05, 4.69) is 0 Å². The van der Waals surface area contributed by atoms with Crippen molar-refractivity contribution in [3.8, 4) is 0 Å². The fourth-order valence-electron chi connectivity index (χ4n) is 2.34. The van der Waals surface area contributed by atoms with Crippen molar-refractivity contribution in [1.82, 2.24) is 0 Å². The normalized spacial score (nSPS) is 18.4. The summed E-state index contributed by atoms with van der Waals surface area (Å²) in [6.45, 7) is 1.94. The number of aliphatic carboxylic acids is 1. The molecule has 1 amide bonds. The van der Waals surface area contributed by atoms with Gasteiger partial charge in [-0.1, -0.05) is 6.92 Å². The molecule has 0 aliphatic carbocycles. The molecule has 1 aliphatic heterocycles. The van der Waals surface area contributed by atoms with Crippen molar-refractivity contribution in [3.63, 3.8) is 0 Å². The molecule has 1 aliphatic rings. The number of amides is 1. The average Bonchev–Trinajstić information content (AvgIpc) is 2.80. The third kappa shape index (κ3) is 2.47. The van der Waals surface area contributed by atoms with E-state index in [1.54, 1.807) is 0 Å². The summed E-state index contributed by atoms with van der Waals surface area (Å²) >= 11 is 0. The number of anilines is 1. The summed E-state index contributed by atoms with van der Waals surface area (Å²) in [5.74, 6) is -1.98. The van der Waals surface area contributed by atoms with Crippen LogP contribution in [-0.2, 0) is 16.0 Å². The lowest BCUT2D eigenvalue weighted by Crippen LogP contribution is -2.26. The van der Waals surface area contributed by atoms with Crippen LogP contribution in [0.1, 0.15) is 18.9 Å². The smallest absolute Gasteiger partial charge is 0.308 e. The van der Waals surface area contributed by atoms with Gasteiger partial charge in [-0.3, -0.25) is 19.7 Å². The average molecular weight is 278 g/mol. The summed E-state index contributed by atoms with van der Waals surface area (Å²) in [5.41, 5.74) is 1.19. The minimum atomic E-state index is -0.999. The van der Waals surface area contributed by atoms with Crippen molar-refractivity contribution >= 4 is 23.3 Å². The van der Waals surface area contributed by atoms with Gasteiger partial charge in [0.1, 0.15) is 0 Å². The molecule has 0 bridgehead atoms. The van der Waals surface area contributed by atoms with Gasteiger partial charge in [0.25, 0.3) is 5.69 Å². The van der Waals surface area contributed by atoms with E-state index in [0.717, 1.165) is 0 Å². The van der Waals surface area contributed by atoms with Gasteiger partial charge in [0.05, 0.1) is 10.8 Å². The van der Waals surface area contributed by atoms with Crippen molar-refractivity contribution in [1.29, 1.82) is 0 Å². The maximum Gasteiger partial charge on any atom is 0.308 e. The Balaban J connectivity index is 2.35. The summed E-state index contributed by atoms with van der Waals surface area (Å²) in [6, 6.07) is 4.27. The lowest BCUT2D eigenvalue weighted by Gasteiger charge is -2.19. The molecule has 0 unspecified atom stereocenters. The number of hydrogen-bond donors (Lipinski definition) is 1. The topological polar surface area (TPSA) is 101 Å². The van der Waals surface area contributed by atoms with Gasteiger partial charge in [-0.05, 0) is 18.1 Å². The third-order valence-corrected chi connectivity index (χ3v) is 3.42. The van der Waals surface area contributed by atoms with Gasteiger partial charge in [0.15, 0.2) is 0 Å². The molecule has 1 saturated heterocycles. The lowest BCUT2D eigenvalue weighted by molar-refractivity contribution is -0.384. The van der Waals surface area contributed by atoms with E-state index in [4.69, 9.17) is 5.11 Å². The van der Waals surface area contributed by atoms with Crippen LogP contribution in [0, 0.1) is 16.0 Å². The third-order valence-electron chi connectivity index (χ3n) is 3.42. The second kappa shape index (κ2) is 5.28. The number of aryl methyl sites for hydroxylation is 1. The quantitative estimate of drug-likeness (QED) is 0.665. The molecule has 0 radical (unpaired) electrons. The molecule has 1 atom stereocenters. The molecule has 0 saturated carbocycles. The molecule has 0 aromatic heterocycles. The Morgan fingerprint density at radius 2 is 2.25 bits per heavy atom. The number of rotatable bonds is 4. The Kier molecular flexibility index (Phi) is 3.69. The lowest BCUT2D eigenvalue weighted by atomic mass is 10.1. The molecule has 1 aromatic carbocycles. The fraction of sp³-hybridized carbons (Fsp3) is 0.385. The zero-order valence-corrected chi connectivity index (χ0v) is 10.9. The van der Waals surface area contributed by atoms with E-state index in [9.17, 15) is 19.7 Å². The summed E-state index contributed by atoms with van der Waals surface area (Å²) in [4.78, 5) is 34.5. The number of carbonyl (C=O) groups is 2. The van der Waals surface area contributed by atoms with E-state index in [-0.39, 0.29) is 24.6 Å². The molecule has 7 nitrogen and oxygen atoms in total. The highest BCUT2D eigenvalue weighted by atomic mass is 16.6. The van der Waals surface area contributed by atoms with Crippen LogP contribution >= 0.6 is 0 Å². The highest BCUT2D eigenvalue weighted by Crippen LogP contribution is 2.31. The van der Waals surface area contributed by atoms with E-state index < -0.39 is 16.8 Å². The Hall–Kier alpha value is -2.44. The number of carbonyl (C=O) groups excluding carboxylic acids is 1. The molecule has 1 heterocycles. The number of non-ortho nitro benzene ring substituents is 1. The van der Waals surface area contributed by atoms with Gasteiger partial charge in [0.2, 0.25) is 5.91 Å². The second-order valence-corrected chi connectivity index (χ2v) is 4.67. The first-order chi connectivity index (χ1) is 9.43. The number of hydrogen-bond acceptors (Lipinski definition) is 4. The van der Waals surface area contributed by atoms with Crippen LogP contribution in [0.25, 0.3) is 0 Å². The monoisotopic (exact) mass is 278 g/mol. The largest absolute Gasteiger partial charge is 0.481 e. The van der Waals surface area contributed by atoms with E-state index in [1.807, 2.05) is 6.92 Å². The van der Waals surface area contributed by atoms with Crippen LogP contribution in [0.3, 0.4) is 0 Å². The molecular weight excluding hydrogens is 264 g/mol. The standard InChI is InChI=1S/C13H14N2O5/c1-2-8-5-10(15(19)20)3-4-11(8)14-7-9(13(17)18)6-12(14)16/h3-5,9H,2,6-7H2,1H3,(H,17,18)/t9-/m0/s1. The van der Waals surface area contributed by atoms with Crippen LogP contribution < -0.4 is 4.90 Å². The van der Waals surface area contributed by atoms with Crippen LogP contribution in [0.5, 0.6) is 0 Å². The zero-order valence-electron chi connectivity index (χ0n) is 10.9. The van der Waals surface area contributed by atoms with Crippen LogP contribution in [0.15, 0.2) is 18.2 Å². The summed E-state index contributed by atoms with van der Waals surface area (Å²) < 4.78 is 0. The molecular formula is C13H14N2O5. The molecule has 2 rings (SSSR count). The van der Waals surface area contributed by atoms with Gasteiger partial charge in [-0.15, -0.1) is 0 Å². The summed E-state index contributed by atoms with van der Waals surface area (Å²) in [6.07, 6.45) is 0.494. The number of nitrogens with zero attached hydrogens (tertiary/aromatic N) is 2. The minimum Gasteiger partial charge on any atom is -0.481 e. The molecule has 0 spiro atoms. The van der Waals surface area contributed by atoms with E-state index in [0.29, 0.717) is 17.7 Å². The van der Waals surface area contributed by atoms with Crippen molar-refractivity contribution in [3.05, 3.63) is 33.9 Å². The summed E-state index contributed by atoms with van der Waals surface area (Å²) in [5, 5.41) is 19.7. The van der Waals surface area contributed by atoms with E-state index in [1.165, 1.54) is 23.1 Å². The number of nitro benzene ring substituents is 1. The Bertz CT molecular complexity index is 584. The van der Waals surface area contributed by atoms with Crippen molar-refractivity contribution < 1.29 is 19.6 Å². The van der Waals surface area contributed by atoms with Gasteiger partial charge >= 0.3 is 5.97 Å². The van der Waals surface area contributed by atoms with Crippen LogP contribution in [-0.4, -0.2) is 28.5 Å². The SMILES string of the molecule is CCc1cc([N+](=O)[O-])ccc1N1C[C@@H](C(=O)O)CC1=O. The molecule has 1 aromatic rings. The Morgan fingerprint density at radius 3 is 2.75 bits per heavy atom. The highest BCUT2D eigenvalue weighted by molar-refractivity contribution is 5.99. The molecule has 1 N–H and O–H groups in total. The number of nitro groups is 1. The van der Waals surface area contributed by atoms with Gasteiger partial charge in [0, 0.05) is 30.8 Å². The Labute approximate surface area is 115 Å². The predicted octanol–water partition coefficient (Wildman–Crippen LogP) is 1.59. The minimum absolute atomic E-state index is 0.0323. The van der Waals surface area contributed by atoms with Gasteiger partial charge in [-0.25, -0.2) is 0 Å². The first kappa shape index (κ1) is 14.0. The number of carboxylic acid groups (broad SMARTS) is 1. The maximum atomic E-state index is 11.9. The van der Waals surface area contributed by atoms with Crippen molar-refractivity contribution in [2.24, 2.45) is 5.92 Å². The fourth-order valence-corrected chi connectivity index (χ4v) is 2.34. The maximum absolute atomic E-state index is 11.9. The molecule has 7 heteroatoms. The van der Waals surface area contributed by atoms with Gasteiger partial charge < -0.3 is 10.0 Å². The van der Waals surface area contributed by atoms with Gasteiger partial charge in [-0.2, -0.15) is 0 Å². The summed E-state index contributed by atoms with van der Waals surface area (Å²) in [7, 11) is 0. The Morgan fingerprint density at radius 1 is 1.55 bits per heavy atom. The highest BCUT2D eigenvalue weighted by Gasteiger charge is 2.35. The van der Waals surface area contributed by atoms with Crippen molar-refractivity contribution in [2.75, 3.05) is 11.4 Å². The molecule has 106 valence electrons. The van der Waals surface area contributed by atoms with Crippen LogP contribution in [0.2, 0.25) is 0 Å². The molecule has 1 fully saturated rings. The predicted molar refractivity (Wildman–Crippen MR) is 70.6 cm³/mol. The number of benzene rings is 1. The number of carboxylic acids is 1. The first-order valence-corrected chi connectivity index (χ1v) is 6.24. The zero-order chi connectivity index (χ0) is 14.9. The van der Waals surface area contributed by atoms with Crippen LogP contribution in [0.4, 0.5) is 11.4 Å².